The van der Waals surface area contributed by atoms with Gasteiger partial charge in [-0.05, 0) is 136 Å². The fourth-order valence-corrected chi connectivity index (χ4v) is 11.5. The Hall–Kier alpha value is -5.40. The van der Waals surface area contributed by atoms with Crippen LogP contribution in [0.5, 0.6) is 0 Å². The van der Waals surface area contributed by atoms with Crippen molar-refractivity contribution in [1.29, 1.82) is 0 Å². The van der Waals surface area contributed by atoms with Gasteiger partial charge in [-0.2, -0.15) is 0 Å². The first-order valence-corrected chi connectivity index (χ1v) is 19.5. The predicted octanol–water partition coefficient (Wildman–Crippen LogP) is 13.8. The molecule has 3 fully saturated rings. The molecule has 11 rings (SSSR count). The van der Waals surface area contributed by atoms with Gasteiger partial charge in [-0.25, -0.2) is 0 Å². The van der Waals surface area contributed by atoms with Gasteiger partial charge in [0.2, 0.25) is 0 Å². The summed E-state index contributed by atoms with van der Waals surface area (Å²) in [5, 5.41) is 2.55. The molecule has 0 radical (unpaired) electrons. The van der Waals surface area contributed by atoms with Crippen LogP contribution in [0, 0.1) is 23.7 Å². The van der Waals surface area contributed by atoms with Crippen LogP contribution in [0.1, 0.15) is 49.7 Å². The minimum Gasteiger partial charge on any atom is -0.310 e. The lowest BCUT2D eigenvalue weighted by Crippen LogP contribution is -2.50. The molecule has 1 spiro atoms. The van der Waals surface area contributed by atoms with Crippen molar-refractivity contribution >= 4 is 27.8 Å². The number of rotatable bonds is 5. The predicted molar refractivity (Wildman–Crippen MR) is 217 cm³/mol. The van der Waals surface area contributed by atoms with E-state index in [0.29, 0.717) is 5.92 Å². The molecule has 0 aromatic heterocycles. The highest BCUT2D eigenvalue weighted by Crippen LogP contribution is 2.66. The van der Waals surface area contributed by atoms with Crippen LogP contribution >= 0.6 is 0 Å². The van der Waals surface area contributed by atoms with Crippen LogP contribution in [0.2, 0.25) is 0 Å². The molecule has 7 aromatic carbocycles. The van der Waals surface area contributed by atoms with Gasteiger partial charge in [-0.15, -0.1) is 0 Å². The summed E-state index contributed by atoms with van der Waals surface area (Å²) in [6.45, 7) is 0. The first kappa shape index (κ1) is 30.2. The van der Waals surface area contributed by atoms with Gasteiger partial charge < -0.3 is 4.90 Å². The highest BCUT2D eigenvalue weighted by molar-refractivity contribution is 5.98. The lowest BCUT2D eigenvalue weighted by atomic mass is 9.47. The summed E-state index contributed by atoms with van der Waals surface area (Å²) in [5.74, 6) is 3.38. The third-order valence-corrected chi connectivity index (χ3v) is 13.6. The van der Waals surface area contributed by atoms with Crippen molar-refractivity contribution in [2.45, 2.75) is 43.9 Å². The van der Waals surface area contributed by atoms with Gasteiger partial charge in [0.1, 0.15) is 0 Å². The number of nitrogens with zero attached hydrogens (tertiary/aromatic N) is 1. The van der Waals surface area contributed by atoms with Gasteiger partial charge in [0.15, 0.2) is 0 Å². The molecule has 52 heavy (non-hydrogen) atoms. The van der Waals surface area contributed by atoms with Crippen molar-refractivity contribution in [2.75, 3.05) is 4.90 Å². The van der Waals surface area contributed by atoms with Crippen molar-refractivity contribution in [2.24, 2.45) is 23.7 Å². The highest BCUT2D eigenvalue weighted by Gasteiger charge is 2.57. The zero-order chi connectivity index (χ0) is 34.2. The Balaban J connectivity index is 1.13. The van der Waals surface area contributed by atoms with Crippen LogP contribution in [-0.2, 0) is 5.41 Å². The Kier molecular flexibility index (Phi) is 6.88. The van der Waals surface area contributed by atoms with Gasteiger partial charge in [0.25, 0.3) is 0 Å². The monoisotopic (exact) mass is 669 g/mol. The van der Waals surface area contributed by atoms with Crippen LogP contribution in [0.4, 0.5) is 17.1 Å². The molecule has 0 aliphatic heterocycles. The van der Waals surface area contributed by atoms with E-state index in [9.17, 15) is 0 Å². The number of hydrogen-bond donors (Lipinski definition) is 0. The first-order valence-electron chi connectivity index (χ1n) is 19.5. The van der Waals surface area contributed by atoms with E-state index in [1.165, 1.54) is 99.7 Å². The normalized spacial score (nSPS) is 23.8. The van der Waals surface area contributed by atoms with Crippen molar-refractivity contribution in [3.8, 4) is 33.4 Å². The second-order valence-electron chi connectivity index (χ2n) is 16.1. The number of benzene rings is 7. The average molecular weight is 670 g/mol. The Labute approximate surface area is 307 Å². The van der Waals surface area contributed by atoms with E-state index in [0.717, 1.165) is 17.8 Å². The van der Waals surface area contributed by atoms with Crippen LogP contribution in [-0.4, -0.2) is 0 Å². The molecule has 5 unspecified atom stereocenters. The minimum absolute atomic E-state index is 0.0949. The lowest BCUT2D eigenvalue weighted by Gasteiger charge is -2.57. The Morgan fingerprint density at radius 2 is 1.17 bits per heavy atom. The summed E-state index contributed by atoms with van der Waals surface area (Å²) in [7, 11) is 0. The van der Waals surface area contributed by atoms with Crippen molar-refractivity contribution < 1.29 is 0 Å². The maximum absolute atomic E-state index is 2.63. The average Bonchev–Trinajstić information content (AvgIpc) is 3.48. The maximum atomic E-state index is 2.63. The molecule has 252 valence electrons. The molecule has 4 aliphatic carbocycles. The van der Waals surface area contributed by atoms with E-state index in [2.05, 4.69) is 169 Å². The second kappa shape index (κ2) is 11.8. The molecule has 3 bridgehead atoms. The quantitative estimate of drug-likeness (QED) is 0.176. The smallest absolute Gasteiger partial charge is 0.0540 e. The van der Waals surface area contributed by atoms with Gasteiger partial charge >= 0.3 is 0 Å². The summed E-state index contributed by atoms with van der Waals surface area (Å²) < 4.78 is 0. The van der Waals surface area contributed by atoms with E-state index in [4.69, 9.17) is 0 Å². The SMILES string of the molecule is c1ccc(-c2ccccc2N(c2cccc(-c3cccc4ccccc34)c2)c2ccc3c(c2)C2(CC4CCC5CC4CC2C5)c2ccccc2-3)cc1. The van der Waals surface area contributed by atoms with E-state index >= 15 is 0 Å². The fourth-order valence-electron chi connectivity index (χ4n) is 11.5. The van der Waals surface area contributed by atoms with Gasteiger partial charge in [0.05, 0.1) is 5.69 Å². The Morgan fingerprint density at radius 3 is 2.12 bits per heavy atom. The van der Waals surface area contributed by atoms with Crippen molar-refractivity contribution in [3.63, 3.8) is 0 Å². The third kappa shape index (κ3) is 4.54. The molecule has 1 heteroatoms. The molecule has 0 amide bonds. The second-order valence-corrected chi connectivity index (χ2v) is 16.1. The lowest BCUT2D eigenvalue weighted by molar-refractivity contribution is -0.0103. The highest BCUT2D eigenvalue weighted by atomic mass is 15.1. The molecule has 7 aromatic rings. The third-order valence-electron chi connectivity index (χ3n) is 13.6. The summed E-state index contributed by atoms with van der Waals surface area (Å²) in [6, 6.07) is 61.5. The van der Waals surface area contributed by atoms with E-state index < -0.39 is 0 Å². The minimum atomic E-state index is 0.0949. The van der Waals surface area contributed by atoms with Gasteiger partial charge in [-0.1, -0.05) is 140 Å². The molecule has 3 saturated carbocycles. The standard InChI is InChI=1S/C51H43N/c1-2-12-36(13-3-1)45-19-7-9-23-50(45)52(41-17-10-16-37(31-41)44-21-11-15-35-14-4-5-18-43(35)44)42-26-27-47-46-20-6-8-22-48(46)51(49(47)32-42)33-38-25-24-34-28-39(38)30-40(51)29-34/h1-23,26-27,31-32,34,38-40H,24-25,28-30,33H2. The van der Waals surface area contributed by atoms with Crippen molar-refractivity contribution in [1.82, 2.24) is 0 Å². The van der Waals surface area contributed by atoms with Gasteiger partial charge in [0, 0.05) is 22.4 Å². The number of fused-ring (bicyclic) bond motifs is 9. The van der Waals surface area contributed by atoms with Gasteiger partial charge in [-0.3, -0.25) is 0 Å². The summed E-state index contributed by atoms with van der Waals surface area (Å²) >= 11 is 0. The molecular formula is C51H43N. The number of anilines is 3. The van der Waals surface area contributed by atoms with Crippen molar-refractivity contribution in [3.05, 3.63) is 175 Å². The topological polar surface area (TPSA) is 3.24 Å². The van der Waals surface area contributed by atoms with Crippen LogP contribution in [0.3, 0.4) is 0 Å². The molecule has 0 N–H and O–H groups in total. The zero-order valence-corrected chi connectivity index (χ0v) is 29.6. The molecule has 4 aliphatic rings. The Bertz CT molecular complexity index is 2470. The van der Waals surface area contributed by atoms with Crippen LogP contribution in [0.15, 0.2) is 164 Å². The molecule has 0 heterocycles. The molecular weight excluding hydrogens is 627 g/mol. The first-order chi connectivity index (χ1) is 25.7. The molecule has 1 nitrogen and oxygen atoms in total. The summed E-state index contributed by atoms with van der Waals surface area (Å²) in [6.07, 6.45) is 8.42. The number of para-hydroxylation sites is 1. The van der Waals surface area contributed by atoms with E-state index in [1.54, 1.807) is 11.1 Å². The summed E-state index contributed by atoms with van der Waals surface area (Å²) in [4.78, 5) is 2.55. The van der Waals surface area contributed by atoms with E-state index in [1.807, 2.05) is 0 Å². The van der Waals surface area contributed by atoms with Crippen LogP contribution < -0.4 is 4.90 Å². The zero-order valence-electron chi connectivity index (χ0n) is 29.6. The molecule has 0 saturated heterocycles. The molecule has 5 atom stereocenters. The fraction of sp³-hybridized carbons (Fsp3) is 0.216. The Morgan fingerprint density at radius 1 is 0.462 bits per heavy atom. The van der Waals surface area contributed by atoms with Crippen LogP contribution in [0.25, 0.3) is 44.2 Å². The van der Waals surface area contributed by atoms with E-state index in [-0.39, 0.29) is 5.41 Å². The summed E-state index contributed by atoms with van der Waals surface area (Å²) in [5.41, 5.74) is 14.8. The largest absolute Gasteiger partial charge is 0.310 e. The maximum Gasteiger partial charge on any atom is 0.0540 e. The number of hydrogen-bond acceptors (Lipinski definition) is 1.